The van der Waals surface area contributed by atoms with Crippen molar-refractivity contribution in [3.63, 3.8) is 0 Å². The maximum atomic E-state index is 12.2. The smallest absolute Gasteiger partial charge is 0.253 e. The number of nitrogens with zero attached hydrogens (tertiary/aromatic N) is 1. The van der Waals surface area contributed by atoms with Crippen LogP contribution in [0.2, 0.25) is 0 Å². The van der Waals surface area contributed by atoms with Gasteiger partial charge in [-0.05, 0) is 29.5 Å². The molecule has 1 amide bonds. The monoisotopic (exact) mass is 282 g/mol. The minimum Gasteiger partial charge on any atom is -0.337 e. The molecular formula is C15H23ClN2O. The zero-order chi connectivity index (χ0) is 13.3. The number of benzene rings is 1. The lowest BCUT2D eigenvalue weighted by Gasteiger charge is -2.20. The molecule has 4 heteroatoms. The summed E-state index contributed by atoms with van der Waals surface area (Å²) < 4.78 is 0. The molecule has 3 nitrogen and oxygen atoms in total. The number of amides is 1. The molecule has 2 rings (SSSR count). The molecule has 0 aromatic heterocycles. The minimum atomic E-state index is 0. The Balaban J connectivity index is 0.00000180. The van der Waals surface area contributed by atoms with E-state index in [1.807, 2.05) is 29.2 Å². The fraction of sp³-hybridized carbons (Fsp3) is 0.533. The van der Waals surface area contributed by atoms with Gasteiger partial charge in [0.15, 0.2) is 0 Å². The van der Waals surface area contributed by atoms with Gasteiger partial charge in [0.25, 0.3) is 5.91 Å². The van der Waals surface area contributed by atoms with Crippen LogP contribution in [0.25, 0.3) is 0 Å². The quantitative estimate of drug-likeness (QED) is 0.860. The van der Waals surface area contributed by atoms with Crippen molar-refractivity contribution in [2.75, 3.05) is 13.1 Å². The molecule has 0 radical (unpaired) electrons. The summed E-state index contributed by atoms with van der Waals surface area (Å²) in [5, 5.41) is 0. The van der Waals surface area contributed by atoms with Gasteiger partial charge in [0.2, 0.25) is 0 Å². The molecule has 0 saturated carbocycles. The Morgan fingerprint density at radius 2 is 1.84 bits per heavy atom. The fourth-order valence-electron chi connectivity index (χ4n) is 2.27. The van der Waals surface area contributed by atoms with Crippen molar-refractivity contribution in [2.24, 2.45) is 5.73 Å². The topological polar surface area (TPSA) is 46.3 Å². The van der Waals surface area contributed by atoms with Gasteiger partial charge in [-0.1, -0.05) is 32.9 Å². The molecule has 0 bridgehead atoms. The van der Waals surface area contributed by atoms with Crippen molar-refractivity contribution in [1.82, 2.24) is 4.90 Å². The van der Waals surface area contributed by atoms with E-state index in [4.69, 9.17) is 5.73 Å². The van der Waals surface area contributed by atoms with Gasteiger partial charge in [-0.3, -0.25) is 4.79 Å². The van der Waals surface area contributed by atoms with Crippen LogP contribution < -0.4 is 5.73 Å². The molecular weight excluding hydrogens is 260 g/mol. The van der Waals surface area contributed by atoms with E-state index in [1.54, 1.807) is 0 Å². The van der Waals surface area contributed by atoms with E-state index in [-0.39, 0.29) is 29.8 Å². The largest absolute Gasteiger partial charge is 0.337 e. The first-order chi connectivity index (χ1) is 8.38. The summed E-state index contributed by atoms with van der Waals surface area (Å²) in [6, 6.07) is 8.08. The van der Waals surface area contributed by atoms with Crippen molar-refractivity contribution in [3.05, 3.63) is 35.4 Å². The van der Waals surface area contributed by atoms with E-state index in [0.717, 1.165) is 18.5 Å². The molecule has 1 atom stereocenters. The highest BCUT2D eigenvalue weighted by Crippen LogP contribution is 2.23. The standard InChI is InChI=1S/C15H22N2O.ClH/c1-15(2,3)12-6-4-11(5-7-12)14(18)17-9-8-13(16)10-17;/h4-7,13H,8-10,16H2,1-3H3;1H. The Kier molecular flexibility index (Phi) is 4.99. The molecule has 1 aliphatic heterocycles. The van der Waals surface area contributed by atoms with E-state index >= 15 is 0 Å². The molecule has 1 saturated heterocycles. The van der Waals surface area contributed by atoms with Crippen LogP contribution in [0.3, 0.4) is 0 Å². The summed E-state index contributed by atoms with van der Waals surface area (Å²) in [6.07, 6.45) is 0.909. The van der Waals surface area contributed by atoms with Gasteiger partial charge in [-0.2, -0.15) is 0 Å². The van der Waals surface area contributed by atoms with Gasteiger partial charge in [0.1, 0.15) is 0 Å². The summed E-state index contributed by atoms with van der Waals surface area (Å²) in [6.45, 7) is 7.97. The zero-order valence-corrected chi connectivity index (χ0v) is 12.7. The first-order valence-corrected chi connectivity index (χ1v) is 6.53. The average Bonchev–Trinajstić information content (AvgIpc) is 2.74. The lowest BCUT2D eigenvalue weighted by Crippen LogP contribution is -2.31. The number of likely N-dealkylation sites (tertiary alicyclic amines) is 1. The maximum absolute atomic E-state index is 12.2. The Bertz CT molecular complexity index is 436. The predicted molar refractivity (Wildman–Crippen MR) is 80.9 cm³/mol. The van der Waals surface area contributed by atoms with Crippen molar-refractivity contribution in [3.8, 4) is 0 Å². The van der Waals surface area contributed by atoms with Gasteiger partial charge < -0.3 is 10.6 Å². The first-order valence-electron chi connectivity index (χ1n) is 6.53. The minimum absolute atomic E-state index is 0. The fourth-order valence-corrected chi connectivity index (χ4v) is 2.27. The number of carbonyl (C=O) groups is 1. The zero-order valence-electron chi connectivity index (χ0n) is 11.8. The van der Waals surface area contributed by atoms with Gasteiger partial charge in [0.05, 0.1) is 0 Å². The highest BCUT2D eigenvalue weighted by atomic mass is 35.5. The molecule has 0 spiro atoms. The molecule has 106 valence electrons. The predicted octanol–water partition coefficient (Wildman–Crippen LogP) is 2.58. The van der Waals surface area contributed by atoms with Gasteiger partial charge >= 0.3 is 0 Å². The van der Waals surface area contributed by atoms with Gasteiger partial charge in [-0.15, -0.1) is 12.4 Å². The van der Waals surface area contributed by atoms with E-state index in [1.165, 1.54) is 5.56 Å². The SMILES string of the molecule is CC(C)(C)c1ccc(C(=O)N2CCC(N)C2)cc1.Cl. The van der Waals surface area contributed by atoms with Crippen LogP contribution in [-0.2, 0) is 5.41 Å². The molecule has 1 aromatic carbocycles. The number of nitrogens with two attached hydrogens (primary N) is 1. The number of hydrogen-bond donors (Lipinski definition) is 1. The Labute approximate surface area is 121 Å². The van der Waals surface area contributed by atoms with E-state index in [9.17, 15) is 4.79 Å². The summed E-state index contributed by atoms with van der Waals surface area (Å²) >= 11 is 0. The van der Waals surface area contributed by atoms with Crippen LogP contribution in [0.15, 0.2) is 24.3 Å². The second-order valence-corrected chi connectivity index (χ2v) is 6.13. The average molecular weight is 283 g/mol. The Hall–Kier alpha value is -1.06. The molecule has 2 N–H and O–H groups in total. The van der Waals surface area contributed by atoms with E-state index in [2.05, 4.69) is 20.8 Å². The normalized spacial score (nSPS) is 19.2. The molecule has 1 fully saturated rings. The van der Waals surface area contributed by atoms with E-state index in [0.29, 0.717) is 6.54 Å². The van der Waals surface area contributed by atoms with Crippen LogP contribution >= 0.6 is 12.4 Å². The second-order valence-electron chi connectivity index (χ2n) is 6.13. The van der Waals surface area contributed by atoms with Crippen molar-refractivity contribution in [2.45, 2.75) is 38.6 Å². The summed E-state index contributed by atoms with van der Waals surface area (Å²) in [7, 11) is 0. The second kappa shape index (κ2) is 5.93. The van der Waals surface area contributed by atoms with Crippen LogP contribution in [0, 0.1) is 0 Å². The van der Waals surface area contributed by atoms with Crippen LogP contribution in [0.1, 0.15) is 43.1 Å². The lowest BCUT2D eigenvalue weighted by atomic mass is 9.86. The molecule has 1 aliphatic rings. The Morgan fingerprint density at radius 3 is 2.26 bits per heavy atom. The third-order valence-corrected chi connectivity index (χ3v) is 3.51. The molecule has 0 aliphatic carbocycles. The number of halogens is 1. The van der Waals surface area contributed by atoms with Crippen LogP contribution in [-0.4, -0.2) is 29.9 Å². The van der Waals surface area contributed by atoms with Gasteiger partial charge in [-0.25, -0.2) is 0 Å². The first kappa shape index (κ1) is 16.0. The van der Waals surface area contributed by atoms with E-state index < -0.39 is 0 Å². The summed E-state index contributed by atoms with van der Waals surface area (Å²) in [5.74, 6) is 0.100. The molecule has 1 unspecified atom stereocenters. The van der Waals surface area contributed by atoms with Gasteiger partial charge in [0, 0.05) is 24.7 Å². The molecule has 19 heavy (non-hydrogen) atoms. The van der Waals surface area contributed by atoms with Crippen LogP contribution in [0.5, 0.6) is 0 Å². The number of carbonyl (C=O) groups excluding carboxylic acids is 1. The lowest BCUT2D eigenvalue weighted by molar-refractivity contribution is 0.0791. The van der Waals surface area contributed by atoms with Crippen LogP contribution in [0.4, 0.5) is 0 Å². The molecule has 1 heterocycles. The summed E-state index contributed by atoms with van der Waals surface area (Å²) in [5.41, 5.74) is 7.96. The summed E-state index contributed by atoms with van der Waals surface area (Å²) in [4.78, 5) is 14.1. The van der Waals surface area contributed by atoms with Crippen molar-refractivity contribution in [1.29, 1.82) is 0 Å². The van der Waals surface area contributed by atoms with Crippen molar-refractivity contribution >= 4 is 18.3 Å². The maximum Gasteiger partial charge on any atom is 0.253 e. The molecule has 1 aromatic rings. The Morgan fingerprint density at radius 1 is 1.26 bits per heavy atom. The van der Waals surface area contributed by atoms with Crippen molar-refractivity contribution < 1.29 is 4.79 Å². The highest BCUT2D eigenvalue weighted by molar-refractivity contribution is 5.94. The number of rotatable bonds is 1. The third kappa shape index (κ3) is 3.71. The highest BCUT2D eigenvalue weighted by Gasteiger charge is 2.24. The number of hydrogen-bond acceptors (Lipinski definition) is 2. The third-order valence-electron chi connectivity index (χ3n) is 3.51.